The Balaban J connectivity index is 1.97. The van der Waals surface area contributed by atoms with Crippen LogP contribution in [0.5, 0.6) is 0 Å². The molecule has 2 aliphatic carbocycles. The van der Waals surface area contributed by atoms with Gasteiger partial charge >= 0.3 is 0 Å². The van der Waals surface area contributed by atoms with Crippen molar-refractivity contribution in [3.8, 4) is 0 Å². The molecule has 3 atom stereocenters. The topological polar surface area (TPSA) is 17.1 Å². The number of carbonyl (C=O) groups is 1. The van der Waals surface area contributed by atoms with Crippen LogP contribution in [-0.2, 0) is 4.79 Å². The van der Waals surface area contributed by atoms with Gasteiger partial charge < -0.3 is 0 Å². The molecular formula is C19H22O. The van der Waals surface area contributed by atoms with Crippen LogP contribution in [0.25, 0.3) is 5.57 Å². The molecule has 2 aliphatic rings. The smallest absolute Gasteiger partial charge is 0.140 e. The van der Waals surface area contributed by atoms with Crippen molar-refractivity contribution in [3.05, 3.63) is 54.1 Å². The molecule has 0 radical (unpaired) electrons. The van der Waals surface area contributed by atoms with Gasteiger partial charge in [0.1, 0.15) is 5.78 Å². The normalized spacial score (nSPS) is 32.7. The molecule has 3 rings (SSSR count). The Hall–Kier alpha value is -1.63. The van der Waals surface area contributed by atoms with Crippen LogP contribution in [0.3, 0.4) is 0 Å². The van der Waals surface area contributed by atoms with E-state index in [0.717, 1.165) is 18.4 Å². The van der Waals surface area contributed by atoms with E-state index in [9.17, 15) is 4.79 Å². The summed E-state index contributed by atoms with van der Waals surface area (Å²) in [4.78, 5) is 12.6. The van der Waals surface area contributed by atoms with Crippen LogP contribution in [0.4, 0.5) is 0 Å². The molecule has 20 heavy (non-hydrogen) atoms. The highest BCUT2D eigenvalue weighted by Gasteiger charge is 2.50. The molecule has 0 unspecified atom stereocenters. The zero-order chi connectivity index (χ0) is 14.3. The molecule has 0 heterocycles. The lowest BCUT2D eigenvalue weighted by Crippen LogP contribution is -2.40. The molecule has 0 amide bonds. The van der Waals surface area contributed by atoms with Crippen LogP contribution < -0.4 is 0 Å². The molecular weight excluding hydrogens is 244 g/mol. The Morgan fingerprint density at radius 2 is 2.00 bits per heavy atom. The first-order valence-corrected chi connectivity index (χ1v) is 7.46. The lowest BCUT2D eigenvalue weighted by atomic mass is 9.62. The van der Waals surface area contributed by atoms with Crippen LogP contribution in [0, 0.1) is 17.3 Å². The number of fused-ring (bicyclic) bond motifs is 1. The van der Waals surface area contributed by atoms with Gasteiger partial charge in [-0.25, -0.2) is 0 Å². The minimum absolute atomic E-state index is 0.183. The van der Waals surface area contributed by atoms with E-state index in [1.54, 1.807) is 0 Å². The summed E-state index contributed by atoms with van der Waals surface area (Å²) in [5.41, 5.74) is 3.61. The Kier molecular flexibility index (Phi) is 3.16. The van der Waals surface area contributed by atoms with Crippen molar-refractivity contribution in [3.63, 3.8) is 0 Å². The third-order valence-electron chi connectivity index (χ3n) is 5.28. The first-order chi connectivity index (χ1) is 9.52. The summed E-state index contributed by atoms with van der Waals surface area (Å²) < 4.78 is 0. The SMILES string of the molecule is C=C(C)[C@@H]1CC(=O)[C@@]2(C)CC=C(c3ccccc3)[C@H]2C1. The highest BCUT2D eigenvalue weighted by Crippen LogP contribution is 2.55. The van der Waals surface area contributed by atoms with E-state index in [-0.39, 0.29) is 5.41 Å². The predicted octanol–water partition coefficient (Wildman–Crippen LogP) is 4.65. The number of benzene rings is 1. The summed E-state index contributed by atoms with van der Waals surface area (Å²) in [7, 11) is 0. The van der Waals surface area contributed by atoms with Crippen molar-refractivity contribution in [2.45, 2.75) is 33.1 Å². The highest BCUT2D eigenvalue weighted by atomic mass is 16.1. The third kappa shape index (κ3) is 1.96. The van der Waals surface area contributed by atoms with E-state index in [1.165, 1.54) is 11.1 Å². The minimum Gasteiger partial charge on any atom is -0.299 e. The van der Waals surface area contributed by atoms with Crippen molar-refractivity contribution in [1.82, 2.24) is 0 Å². The molecule has 1 saturated carbocycles. The Labute approximate surface area is 121 Å². The van der Waals surface area contributed by atoms with Gasteiger partial charge in [0.05, 0.1) is 0 Å². The van der Waals surface area contributed by atoms with Gasteiger partial charge in [0.25, 0.3) is 0 Å². The number of carbonyl (C=O) groups excluding carboxylic acids is 1. The summed E-state index contributed by atoms with van der Waals surface area (Å²) >= 11 is 0. The number of hydrogen-bond acceptors (Lipinski definition) is 1. The van der Waals surface area contributed by atoms with Gasteiger partial charge in [-0.15, -0.1) is 0 Å². The number of allylic oxidation sites excluding steroid dienone is 3. The van der Waals surface area contributed by atoms with Crippen LogP contribution >= 0.6 is 0 Å². The minimum atomic E-state index is -0.183. The van der Waals surface area contributed by atoms with Gasteiger partial charge in [0.15, 0.2) is 0 Å². The molecule has 1 aromatic rings. The molecule has 1 aromatic carbocycles. The maximum Gasteiger partial charge on any atom is 0.140 e. The summed E-state index contributed by atoms with van der Waals surface area (Å²) in [6.45, 7) is 8.29. The van der Waals surface area contributed by atoms with E-state index in [1.807, 2.05) is 6.07 Å². The van der Waals surface area contributed by atoms with Crippen LogP contribution in [0.15, 0.2) is 48.6 Å². The van der Waals surface area contributed by atoms with Crippen LogP contribution in [0.2, 0.25) is 0 Å². The number of rotatable bonds is 2. The van der Waals surface area contributed by atoms with E-state index in [2.05, 4.69) is 50.8 Å². The first kappa shape index (κ1) is 13.4. The third-order valence-corrected chi connectivity index (χ3v) is 5.28. The van der Waals surface area contributed by atoms with E-state index < -0.39 is 0 Å². The van der Waals surface area contributed by atoms with Gasteiger partial charge in [-0.1, -0.05) is 55.5 Å². The molecule has 0 N–H and O–H groups in total. The molecule has 0 saturated heterocycles. The second-order valence-electron chi connectivity index (χ2n) is 6.61. The maximum atomic E-state index is 12.6. The standard InChI is InChI=1S/C19H22O/c1-13(2)15-11-17-16(14-7-5-4-6-8-14)9-10-19(17,3)18(20)12-15/h4-9,15,17H,1,10-12H2,2-3H3/t15-,17+,19-/m0/s1. The molecule has 1 nitrogen and oxygen atoms in total. The molecule has 0 spiro atoms. The van der Waals surface area contributed by atoms with Gasteiger partial charge in [-0.3, -0.25) is 4.79 Å². The van der Waals surface area contributed by atoms with Gasteiger partial charge in [-0.05, 0) is 42.7 Å². The number of hydrogen-bond donors (Lipinski definition) is 0. The van der Waals surface area contributed by atoms with Crippen molar-refractivity contribution in [2.24, 2.45) is 17.3 Å². The Morgan fingerprint density at radius 1 is 1.30 bits per heavy atom. The zero-order valence-electron chi connectivity index (χ0n) is 12.4. The fourth-order valence-electron chi connectivity index (χ4n) is 3.79. The van der Waals surface area contributed by atoms with E-state index in [4.69, 9.17) is 0 Å². The summed E-state index contributed by atoms with van der Waals surface area (Å²) in [6.07, 6.45) is 4.93. The summed E-state index contributed by atoms with van der Waals surface area (Å²) in [5.74, 6) is 1.13. The van der Waals surface area contributed by atoms with Gasteiger partial charge in [0, 0.05) is 11.8 Å². The summed E-state index contributed by atoms with van der Waals surface area (Å²) in [6, 6.07) is 10.5. The highest BCUT2D eigenvalue weighted by molar-refractivity contribution is 5.91. The summed E-state index contributed by atoms with van der Waals surface area (Å²) in [5, 5.41) is 0. The molecule has 1 fully saturated rings. The second-order valence-corrected chi connectivity index (χ2v) is 6.61. The first-order valence-electron chi connectivity index (χ1n) is 7.46. The Morgan fingerprint density at radius 3 is 2.65 bits per heavy atom. The average Bonchev–Trinajstić information content (AvgIpc) is 2.78. The van der Waals surface area contributed by atoms with E-state index in [0.29, 0.717) is 24.0 Å². The largest absolute Gasteiger partial charge is 0.299 e. The van der Waals surface area contributed by atoms with Crippen LogP contribution in [-0.4, -0.2) is 5.78 Å². The second kappa shape index (κ2) is 4.73. The Bertz CT molecular complexity index is 581. The number of ketones is 1. The van der Waals surface area contributed by atoms with Crippen molar-refractivity contribution in [1.29, 1.82) is 0 Å². The lowest BCUT2D eigenvalue weighted by Gasteiger charge is -2.40. The maximum absolute atomic E-state index is 12.6. The van der Waals surface area contributed by atoms with Crippen molar-refractivity contribution in [2.75, 3.05) is 0 Å². The fourth-order valence-corrected chi connectivity index (χ4v) is 3.79. The lowest BCUT2D eigenvalue weighted by molar-refractivity contribution is -0.133. The van der Waals surface area contributed by atoms with Crippen LogP contribution in [0.1, 0.15) is 38.7 Å². The molecule has 0 aliphatic heterocycles. The fraction of sp³-hybridized carbons (Fsp3) is 0.421. The average molecular weight is 266 g/mol. The van der Waals surface area contributed by atoms with Gasteiger partial charge in [-0.2, -0.15) is 0 Å². The quantitative estimate of drug-likeness (QED) is 0.712. The van der Waals surface area contributed by atoms with Crippen molar-refractivity contribution >= 4 is 11.4 Å². The van der Waals surface area contributed by atoms with Crippen molar-refractivity contribution < 1.29 is 4.79 Å². The molecule has 1 heteroatoms. The van der Waals surface area contributed by atoms with E-state index >= 15 is 0 Å². The molecule has 104 valence electrons. The molecule has 0 bridgehead atoms. The number of Topliss-reactive ketones (excluding diaryl/α,β-unsaturated/α-hetero) is 1. The van der Waals surface area contributed by atoms with Gasteiger partial charge in [0.2, 0.25) is 0 Å². The monoisotopic (exact) mass is 266 g/mol. The zero-order valence-corrected chi connectivity index (χ0v) is 12.4. The molecule has 0 aromatic heterocycles. The predicted molar refractivity (Wildman–Crippen MR) is 83.2 cm³/mol.